The van der Waals surface area contributed by atoms with Crippen LogP contribution in [0, 0.1) is 15.2 Å². The first kappa shape index (κ1) is 13.1. The Morgan fingerprint density at radius 2 is 1.78 bits per heavy atom. The van der Waals surface area contributed by atoms with Crippen LogP contribution in [-0.2, 0) is 6.61 Å². The first-order valence-corrected chi connectivity index (χ1v) is 6.27. The molecule has 0 bridgehead atoms. The third-order valence-corrected chi connectivity index (χ3v) is 3.46. The van der Waals surface area contributed by atoms with Gasteiger partial charge in [-0.15, -0.1) is 0 Å². The fourth-order valence-corrected chi connectivity index (χ4v) is 2.12. The molecule has 0 heterocycles. The van der Waals surface area contributed by atoms with Gasteiger partial charge in [0.2, 0.25) is 0 Å². The molecule has 0 fully saturated rings. The summed E-state index contributed by atoms with van der Waals surface area (Å²) in [5, 5.41) is 0. The molecule has 0 aromatic heterocycles. The standard InChI is InChI=1S/C13H10F2INO/c14-9-6-10(15)13(11(16)12(9)17)18-7-8-4-2-1-3-5-8/h1-6H,7,17H2. The zero-order valence-corrected chi connectivity index (χ0v) is 11.4. The first-order valence-electron chi connectivity index (χ1n) is 5.19. The SMILES string of the molecule is Nc1c(F)cc(F)c(OCc2ccccc2)c1I. The third kappa shape index (κ3) is 2.72. The Hall–Kier alpha value is -1.37. The maximum atomic E-state index is 13.6. The van der Waals surface area contributed by atoms with Crippen molar-refractivity contribution in [2.75, 3.05) is 5.73 Å². The summed E-state index contributed by atoms with van der Waals surface area (Å²) in [6.07, 6.45) is 0. The van der Waals surface area contributed by atoms with E-state index in [0.29, 0.717) is 0 Å². The molecule has 0 aliphatic carbocycles. The summed E-state index contributed by atoms with van der Waals surface area (Å²) >= 11 is 1.77. The largest absolute Gasteiger partial charge is 0.485 e. The first-order chi connectivity index (χ1) is 8.59. The highest BCUT2D eigenvalue weighted by molar-refractivity contribution is 14.1. The van der Waals surface area contributed by atoms with Crippen LogP contribution < -0.4 is 10.5 Å². The molecule has 0 aliphatic heterocycles. The summed E-state index contributed by atoms with van der Waals surface area (Å²) in [6.45, 7) is 0.207. The van der Waals surface area contributed by atoms with Crippen LogP contribution in [0.2, 0.25) is 0 Å². The van der Waals surface area contributed by atoms with Crippen LogP contribution in [-0.4, -0.2) is 0 Å². The van der Waals surface area contributed by atoms with Gasteiger partial charge in [-0.05, 0) is 28.2 Å². The van der Waals surface area contributed by atoms with E-state index in [1.807, 2.05) is 30.3 Å². The minimum absolute atomic E-state index is 0.0154. The summed E-state index contributed by atoms with van der Waals surface area (Å²) in [6, 6.07) is 10.1. The highest BCUT2D eigenvalue weighted by atomic mass is 127. The van der Waals surface area contributed by atoms with Crippen molar-refractivity contribution in [2.24, 2.45) is 0 Å². The zero-order valence-electron chi connectivity index (χ0n) is 9.29. The lowest BCUT2D eigenvalue weighted by Gasteiger charge is -2.11. The number of benzene rings is 2. The van der Waals surface area contributed by atoms with Gasteiger partial charge in [-0.2, -0.15) is 0 Å². The van der Waals surface area contributed by atoms with Crippen LogP contribution in [0.15, 0.2) is 36.4 Å². The van der Waals surface area contributed by atoms with Gasteiger partial charge in [0, 0.05) is 6.07 Å². The highest BCUT2D eigenvalue weighted by Crippen LogP contribution is 2.32. The number of rotatable bonds is 3. The number of nitrogens with two attached hydrogens (primary N) is 1. The molecule has 2 aromatic carbocycles. The number of nitrogen functional groups attached to an aromatic ring is 1. The van der Waals surface area contributed by atoms with E-state index in [-0.39, 0.29) is 21.6 Å². The topological polar surface area (TPSA) is 35.2 Å². The lowest BCUT2D eigenvalue weighted by Crippen LogP contribution is -2.03. The van der Waals surface area contributed by atoms with Crippen LogP contribution in [0.25, 0.3) is 0 Å². The molecule has 0 unspecified atom stereocenters. The number of anilines is 1. The Balaban J connectivity index is 2.22. The molecular weight excluding hydrogens is 351 g/mol. The van der Waals surface area contributed by atoms with Crippen molar-refractivity contribution in [2.45, 2.75) is 6.61 Å². The van der Waals surface area contributed by atoms with E-state index in [1.54, 1.807) is 22.6 Å². The van der Waals surface area contributed by atoms with Crippen LogP contribution >= 0.6 is 22.6 Å². The van der Waals surface area contributed by atoms with Crippen LogP contribution in [0.4, 0.5) is 14.5 Å². The molecule has 0 spiro atoms. The number of ether oxygens (including phenoxy) is 1. The Morgan fingerprint density at radius 1 is 1.11 bits per heavy atom. The van der Waals surface area contributed by atoms with E-state index < -0.39 is 11.6 Å². The molecule has 2 N–H and O–H groups in total. The van der Waals surface area contributed by atoms with Crippen molar-refractivity contribution in [3.63, 3.8) is 0 Å². The maximum absolute atomic E-state index is 13.6. The summed E-state index contributed by atoms with van der Waals surface area (Å²) < 4.78 is 32.3. The van der Waals surface area contributed by atoms with E-state index in [2.05, 4.69) is 0 Å². The fraction of sp³-hybridized carbons (Fsp3) is 0.0769. The number of hydrogen-bond acceptors (Lipinski definition) is 2. The highest BCUT2D eigenvalue weighted by Gasteiger charge is 2.16. The van der Waals surface area contributed by atoms with Crippen molar-refractivity contribution >= 4 is 28.3 Å². The molecule has 18 heavy (non-hydrogen) atoms. The summed E-state index contributed by atoms with van der Waals surface area (Å²) in [5.74, 6) is -1.54. The minimum Gasteiger partial charge on any atom is -0.485 e. The minimum atomic E-state index is -0.774. The second-order valence-electron chi connectivity index (χ2n) is 3.67. The molecule has 0 aliphatic rings. The van der Waals surface area contributed by atoms with E-state index in [4.69, 9.17) is 10.5 Å². The van der Waals surface area contributed by atoms with Crippen molar-refractivity contribution in [1.82, 2.24) is 0 Å². The van der Waals surface area contributed by atoms with Crippen molar-refractivity contribution in [1.29, 1.82) is 0 Å². The van der Waals surface area contributed by atoms with E-state index in [9.17, 15) is 8.78 Å². The van der Waals surface area contributed by atoms with Crippen molar-refractivity contribution in [3.05, 3.63) is 57.2 Å². The number of halogens is 3. The van der Waals surface area contributed by atoms with Gasteiger partial charge < -0.3 is 10.5 Å². The van der Waals surface area contributed by atoms with Crippen LogP contribution in [0.1, 0.15) is 5.56 Å². The second-order valence-corrected chi connectivity index (χ2v) is 4.75. The second kappa shape index (κ2) is 5.51. The Morgan fingerprint density at radius 3 is 2.44 bits per heavy atom. The molecule has 2 rings (SSSR count). The summed E-state index contributed by atoms with van der Waals surface area (Å²) in [5.41, 5.74) is 6.29. The molecule has 2 aromatic rings. The van der Waals surface area contributed by atoms with E-state index >= 15 is 0 Å². The molecule has 94 valence electrons. The lowest BCUT2D eigenvalue weighted by atomic mass is 10.2. The lowest BCUT2D eigenvalue weighted by molar-refractivity contribution is 0.287. The molecule has 0 radical (unpaired) electrons. The van der Waals surface area contributed by atoms with E-state index in [1.165, 1.54) is 0 Å². The normalized spacial score (nSPS) is 10.4. The maximum Gasteiger partial charge on any atom is 0.171 e. The van der Waals surface area contributed by atoms with Gasteiger partial charge in [-0.1, -0.05) is 30.3 Å². The molecular formula is C13H10F2INO. The van der Waals surface area contributed by atoms with Gasteiger partial charge in [0.15, 0.2) is 11.6 Å². The quantitative estimate of drug-likeness (QED) is 0.668. The van der Waals surface area contributed by atoms with Gasteiger partial charge in [0.1, 0.15) is 12.4 Å². The van der Waals surface area contributed by atoms with Gasteiger partial charge in [-0.3, -0.25) is 0 Å². The molecule has 0 amide bonds. The molecule has 5 heteroatoms. The van der Waals surface area contributed by atoms with Gasteiger partial charge in [0.05, 0.1) is 9.26 Å². The van der Waals surface area contributed by atoms with E-state index in [0.717, 1.165) is 11.6 Å². The Kier molecular flexibility index (Phi) is 4.00. The molecule has 0 atom stereocenters. The predicted octanol–water partition coefficient (Wildman–Crippen LogP) is 3.73. The average Bonchev–Trinajstić information content (AvgIpc) is 2.37. The summed E-state index contributed by atoms with van der Waals surface area (Å²) in [4.78, 5) is 0. The molecule has 0 saturated carbocycles. The van der Waals surface area contributed by atoms with Crippen LogP contribution in [0.3, 0.4) is 0 Å². The third-order valence-electron chi connectivity index (χ3n) is 2.39. The van der Waals surface area contributed by atoms with Gasteiger partial charge in [-0.25, -0.2) is 8.78 Å². The van der Waals surface area contributed by atoms with Gasteiger partial charge >= 0.3 is 0 Å². The van der Waals surface area contributed by atoms with Crippen molar-refractivity contribution in [3.8, 4) is 5.75 Å². The Bertz CT molecular complexity index is 561. The van der Waals surface area contributed by atoms with Crippen molar-refractivity contribution < 1.29 is 13.5 Å². The Labute approximate surface area is 117 Å². The van der Waals surface area contributed by atoms with Crippen LogP contribution in [0.5, 0.6) is 5.75 Å². The average molecular weight is 361 g/mol. The predicted molar refractivity (Wildman–Crippen MR) is 74.3 cm³/mol. The zero-order chi connectivity index (χ0) is 13.1. The summed E-state index contributed by atoms with van der Waals surface area (Å²) in [7, 11) is 0. The smallest absolute Gasteiger partial charge is 0.171 e. The monoisotopic (exact) mass is 361 g/mol. The molecule has 0 saturated heterocycles. The number of hydrogen-bond donors (Lipinski definition) is 1. The van der Waals surface area contributed by atoms with Gasteiger partial charge in [0.25, 0.3) is 0 Å². The molecule has 2 nitrogen and oxygen atoms in total. The fourth-order valence-electron chi connectivity index (χ4n) is 1.45.